The molecular weight excluding hydrogens is 304 g/mol. The summed E-state index contributed by atoms with van der Waals surface area (Å²) in [7, 11) is 0. The van der Waals surface area contributed by atoms with E-state index in [0.29, 0.717) is 19.5 Å². The van der Waals surface area contributed by atoms with E-state index < -0.39 is 5.54 Å². The van der Waals surface area contributed by atoms with Crippen LogP contribution in [-0.4, -0.2) is 39.0 Å². The third kappa shape index (κ3) is 2.98. The number of carbonyl (C=O) groups excluding carboxylic acids is 1. The van der Waals surface area contributed by atoms with Crippen LogP contribution in [0.25, 0.3) is 11.0 Å². The van der Waals surface area contributed by atoms with Crippen molar-refractivity contribution in [3.8, 4) is 0 Å². The molecule has 1 unspecified atom stereocenters. The van der Waals surface area contributed by atoms with Gasteiger partial charge in [-0.1, -0.05) is 25.5 Å². The smallest absolute Gasteiger partial charge is 0.326 e. The number of rotatable bonds is 4. The number of para-hydroxylation sites is 2. The van der Waals surface area contributed by atoms with E-state index in [2.05, 4.69) is 4.98 Å². The standard InChI is InChI=1S/C18H26N4O2/c1-3-10-18(2,19)16(23)21-11-8-13(9-12-21)22-15-7-5-4-6-14(15)20-17(22)24/h4-7,13H,3,8-12,19H2,1-2H3,(H,20,24). The summed E-state index contributed by atoms with van der Waals surface area (Å²) in [5.41, 5.74) is 7.10. The van der Waals surface area contributed by atoms with Gasteiger partial charge in [-0.05, 0) is 38.3 Å². The fourth-order valence-electron chi connectivity index (χ4n) is 3.75. The number of amides is 1. The van der Waals surface area contributed by atoms with Gasteiger partial charge in [-0.25, -0.2) is 4.79 Å². The summed E-state index contributed by atoms with van der Waals surface area (Å²) in [5.74, 6) is 0.0223. The molecule has 0 aliphatic carbocycles. The zero-order valence-electron chi connectivity index (χ0n) is 14.4. The molecule has 0 bridgehead atoms. The summed E-state index contributed by atoms with van der Waals surface area (Å²) in [6.45, 7) is 5.14. The van der Waals surface area contributed by atoms with Gasteiger partial charge in [0.1, 0.15) is 0 Å². The lowest BCUT2D eigenvalue weighted by atomic mass is 9.94. The average Bonchev–Trinajstić information content (AvgIpc) is 2.90. The maximum Gasteiger partial charge on any atom is 0.326 e. The van der Waals surface area contributed by atoms with Crippen molar-refractivity contribution in [1.29, 1.82) is 0 Å². The number of imidazole rings is 1. The maximum atomic E-state index is 12.6. The number of piperidine rings is 1. The molecule has 1 aliphatic heterocycles. The third-order valence-electron chi connectivity index (χ3n) is 5.00. The van der Waals surface area contributed by atoms with Gasteiger partial charge in [0.05, 0.1) is 16.6 Å². The lowest BCUT2D eigenvalue weighted by Gasteiger charge is -2.37. The van der Waals surface area contributed by atoms with Crippen LogP contribution in [-0.2, 0) is 4.79 Å². The van der Waals surface area contributed by atoms with Gasteiger partial charge in [-0.3, -0.25) is 9.36 Å². The van der Waals surface area contributed by atoms with E-state index in [1.165, 1.54) is 0 Å². The summed E-state index contributed by atoms with van der Waals surface area (Å²) in [6.07, 6.45) is 3.12. The molecule has 3 N–H and O–H groups in total. The van der Waals surface area contributed by atoms with Crippen molar-refractivity contribution >= 4 is 16.9 Å². The Morgan fingerprint density at radius 3 is 2.67 bits per heavy atom. The first kappa shape index (κ1) is 16.8. The van der Waals surface area contributed by atoms with Gasteiger partial charge in [0.2, 0.25) is 5.91 Å². The third-order valence-corrected chi connectivity index (χ3v) is 5.00. The molecule has 1 aromatic carbocycles. The van der Waals surface area contributed by atoms with Crippen LogP contribution >= 0.6 is 0 Å². The van der Waals surface area contributed by atoms with E-state index in [4.69, 9.17) is 5.73 Å². The highest BCUT2D eigenvalue weighted by Gasteiger charge is 2.34. The zero-order chi connectivity index (χ0) is 17.3. The van der Waals surface area contributed by atoms with Gasteiger partial charge in [0.15, 0.2) is 0 Å². The second-order valence-electron chi connectivity index (χ2n) is 7.01. The van der Waals surface area contributed by atoms with Crippen LogP contribution in [0.5, 0.6) is 0 Å². The first-order valence-electron chi connectivity index (χ1n) is 8.71. The van der Waals surface area contributed by atoms with Crippen LogP contribution < -0.4 is 11.4 Å². The van der Waals surface area contributed by atoms with Crippen LogP contribution in [0, 0.1) is 0 Å². The Morgan fingerprint density at radius 1 is 1.33 bits per heavy atom. The number of benzene rings is 1. The number of nitrogens with one attached hydrogen (secondary N) is 1. The van der Waals surface area contributed by atoms with Crippen LogP contribution in [0.1, 0.15) is 45.6 Å². The van der Waals surface area contributed by atoms with Crippen molar-refractivity contribution in [1.82, 2.24) is 14.5 Å². The molecule has 2 heterocycles. The highest BCUT2D eigenvalue weighted by molar-refractivity contribution is 5.85. The molecule has 3 rings (SSSR count). The normalized spacial score (nSPS) is 18.7. The molecule has 1 atom stereocenters. The van der Waals surface area contributed by atoms with Crippen LogP contribution in [0.3, 0.4) is 0 Å². The Balaban J connectivity index is 1.74. The second kappa shape index (κ2) is 6.43. The number of aromatic nitrogens is 2. The van der Waals surface area contributed by atoms with Crippen molar-refractivity contribution in [2.45, 2.75) is 51.1 Å². The highest BCUT2D eigenvalue weighted by atomic mass is 16.2. The number of fused-ring (bicyclic) bond motifs is 1. The lowest BCUT2D eigenvalue weighted by Crippen LogP contribution is -2.55. The van der Waals surface area contributed by atoms with E-state index in [-0.39, 0.29) is 17.6 Å². The minimum absolute atomic E-state index is 0.0223. The minimum Gasteiger partial charge on any atom is -0.341 e. The number of nitrogens with zero attached hydrogens (tertiary/aromatic N) is 2. The summed E-state index contributed by atoms with van der Waals surface area (Å²) in [6, 6.07) is 7.85. The molecule has 0 spiro atoms. The first-order valence-corrected chi connectivity index (χ1v) is 8.71. The molecular formula is C18H26N4O2. The van der Waals surface area contributed by atoms with E-state index in [9.17, 15) is 9.59 Å². The Morgan fingerprint density at radius 2 is 2.00 bits per heavy atom. The van der Waals surface area contributed by atoms with E-state index in [1.807, 2.05) is 47.6 Å². The number of aromatic amines is 1. The summed E-state index contributed by atoms with van der Waals surface area (Å²) in [5, 5.41) is 0. The van der Waals surface area contributed by atoms with Crippen molar-refractivity contribution < 1.29 is 4.79 Å². The second-order valence-corrected chi connectivity index (χ2v) is 7.01. The zero-order valence-corrected chi connectivity index (χ0v) is 14.4. The van der Waals surface area contributed by atoms with Crippen molar-refractivity contribution in [2.24, 2.45) is 5.73 Å². The Kier molecular flexibility index (Phi) is 4.49. The largest absolute Gasteiger partial charge is 0.341 e. The molecule has 0 radical (unpaired) electrons. The number of H-pyrrole nitrogens is 1. The highest BCUT2D eigenvalue weighted by Crippen LogP contribution is 2.26. The lowest BCUT2D eigenvalue weighted by molar-refractivity contribution is -0.138. The number of hydrogen-bond donors (Lipinski definition) is 2. The topological polar surface area (TPSA) is 84.1 Å². The molecule has 2 aromatic rings. The van der Waals surface area contributed by atoms with Crippen LogP contribution in [0.2, 0.25) is 0 Å². The fraction of sp³-hybridized carbons (Fsp3) is 0.556. The quantitative estimate of drug-likeness (QED) is 0.899. The van der Waals surface area contributed by atoms with Gasteiger partial charge < -0.3 is 15.6 Å². The Bertz CT molecular complexity index is 782. The average molecular weight is 330 g/mol. The molecule has 1 fully saturated rings. The predicted octanol–water partition coefficient (Wildman–Crippen LogP) is 2.01. The van der Waals surface area contributed by atoms with Crippen LogP contribution in [0.15, 0.2) is 29.1 Å². The molecule has 1 amide bonds. The van der Waals surface area contributed by atoms with Gasteiger partial charge >= 0.3 is 5.69 Å². The van der Waals surface area contributed by atoms with Crippen molar-refractivity contribution in [3.05, 3.63) is 34.7 Å². The first-order chi connectivity index (χ1) is 11.4. The van der Waals surface area contributed by atoms with Gasteiger partial charge in [-0.15, -0.1) is 0 Å². The molecule has 130 valence electrons. The SMILES string of the molecule is CCCC(C)(N)C(=O)N1CCC(n2c(=O)[nH]c3ccccc32)CC1. The minimum atomic E-state index is -0.792. The molecule has 1 aliphatic rings. The number of likely N-dealkylation sites (tertiary alicyclic amines) is 1. The molecule has 6 nitrogen and oxygen atoms in total. The number of carbonyl (C=O) groups is 1. The van der Waals surface area contributed by atoms with Gasteiger partial charge in [0, 0.05) is 19.1 Å². The molecule has 1 saturated heterocycles. The van der Waals surface area contributed by atoms with Crippen molar-refractivity contribution in [2.75, 3.05) is 13.1 Å². The molecule has 0 saturated carbocycles. The van der Waals surface area contributed by atoms with Crippen LogP contribution in [0.4, 0.5) is 0 Å². The molecule has 24 heavy (non-hydrogen) atoms. The number of nitrogens with two attached hydrogens (primary N) is 1. The fourth-order valence-corrected chi connectivity index (χ4v) is 3.75. The Labute approximate surface area is 141 Å². The molecule has 6 heteroatoms. The Hall–Kier alpha value is -2.08. The van der Waals surface area contributed by atoms with Gasteiger partial charge in [0.25, 0.3) is 0 Å². The summed E-state index contributed by atoms with van der Waals surface area (Å²) < 4.78 is 1.84. The molecule has 1 aromatic heterocycles. The van der Waals surface area contributed by atoms with E-state index >= 15 is 0 Å². The predicted molar refractivity (Wildman–Crippen MR) is 94.9 cm³/mol. The van der Waals surface area contributed by atoms with Crippen molar-refractivity contribution in [3.63, 3.8) is 0 Å². The summed E-state index contributed by atoms with van der Waals surface area (Å²) in [4.78, 5) is 29.7. The number of hydrogen-bond acceptors (Lipinski definition) is 3. The van der Waals surface area contributed by atoms with Gasteiger partial charge in [-0.2, -0.15) is 0 Å². The maximum absolute atomic E-state index is 12.6. The van der Waals surface area contributed by atoms with E-state index in [1.54, 1.807) is 0 Å². The summed E-state index contributed by atoms with van der Waals surface area (Å²) >= 11 is 0. The van der Waals surface area contributed by atoms with E-state index in [0.717, 1.165) is 30.3 Å². The monoisotopic (exact) mass is 330 g/mol.